The van der Waals surface area contributed by atoms with Crippen LogP contribution in [-0.4, -0.2) is 6.61 Å². The van der Waals surface area contributed by atoms with Crippen LogP contribution < -0.4 is 10.1 Å². The predicted molar refractivity (Wildman–Crippen MR) is 77.1 cm³/mol. The van der Waals surface area contributed by atoms with Crippen LogP contribution in [0.4, 0.5) is 10.1 Å². The molecule has 2 aromatic rings. The van der Waals surface area contributed by atoms with Gasteiger partial charge in [-0.05, 0) is 51.3 Å². The molecule has 3 rings (SSSR count). The number of hydrogen-bond donors (Lipinski definition) is 1. The van der Waals surface area contributed by atoms with E-state index in [1.165, 1.54) is 17.2 Å². The molecule has 0 spiro atoms. The zero-order chi connectivity index (χ0) is 13.2. The summed E-state index contributed by atoms with van der Waals surface area (Å²) < 4.78 is 19.3. The van der Waals surface area contributed by atoms with E-state index in [0.717, 1.165) is 24.5 Å². The second-order valence-electron chi connectivity index (χ2n) is 4.52. The van der Waals surface area contributed by atoms with Gasteiger partial charge < -0.3 is 10.1 Å². The molecule has 0 aliphatic carbocycles. The Morgan fingerprint density at radius 3 is 2.95 bits per heavy atom. The number of nitrogens with one attached hydrogen (secondary N) is 1. The Morgan fingerprint density at radius 1 is 1.21 bits per heavy atom. The fourth-order valence-electron chi connectivity index (χ4n) is 2.16. The van der Waals surface area contributed by atoms with Gasteiger partial charge in [-0.3, -0.25) is 0 Å². The van der Waals surface area contributed by atoms with Crippen molar-refractivity contribution in [2.75, 3.05) is 11.9 Å². The summed E-state index contributed by atoms with van der Waals surface area (Å²) in [6, 6.07) is 11.2. The van der Waals surface area contributed by atoms with E-state index in [9.17, 15) is 4.39 Å². The van der Waals surface area contributed by atoms with Gasteiger partial charge in [0.05, 0.1) is 11.1 Å². The third kappa shape index (κ3) is 2.73. The number of ether oxygens (including phenoxy) is 1. The minimum Gasteiger partial charge on any atom is -0.493 e. The Kier molecular flexibility index (Phi) is 3.42. The van der Waals surface area contributed by atoms with Crippen LogP contribution in [0, 0.1) is 5.82 Å². The summed E-state index contributed by atoms with van der Waals surface area (Å²) in [5.74, 6) is 0.728. The summed E-state index contributed by atoms with van der Waals surface area (Å²) in [4.78, 5) is 0. The first-order valence-electron chi connectivity index (χ1n) is 6.16. The molecule has 0 unspecified atom stereocenters. The third-order valence-electron chi connectivity index (χ3n) is 3.17. The van der Waals surface area contributed by atoms with Gasteiger partial charge in [0.15, 0.2) is 0 Å². The molecule has 0 saturated heterocycles. The summed E-state index contributed by atoms with van der Waals surface area (Å²) in [6.07, 6.45) is 0.968. The summed E-state index contributed by atoms with van der Waals surface area (Å²) in [6.45, 7) is 1.44. The topological polar surface area (TPSA) is 21.3 Å². The molecule has 1 aliphatic rings. The van der Waals surface area contributed by atoms with E-state index >= 15 is 0 Å². The van der Waals surface area contributed by atoms with E-state index < -0.39 is 0 Å². The van der Waals surface area contributed by atoms with Crippen molar-refractivity contribution in [3.63, 3.8) is 0 Å². The Morgan fingerprint density at radius 2 is 2.11 bits per heavy atom. The van der Waals surface area contributed by atoms with Crippen LogP contribution in [0.15, 0.2) is 40.9 Å². The van der Waals surface area contributed by atoms with Crippen LogP contribution in [0.1, 0.15) is 11.1 Å². The fourth-order valence-corrected chi connectivity index (χ4v) is 2.41. The van der Waals surface area contributed by atoms with Crippen LogP contribution in [0.2, 0.25) is 0 Å². The van der Waals surface area contributed by atoms with Crippen LogP contribution in [0.3, 0.4) is 0 Å². The van der Waals surface area contributed by atoms with Gasteiger partial charge in [0, 0.05) is 18.7 Å². The molecule has 0 atom stereocenters. The summed E-state index contributed by atoms with van der Waals surface area (Å²) in [5.41, 5.74) is 3.20. The van der Waals surface area contributed by atoms with E-state index in [0.29, 0.717) is 11.0 Å². The summed E-state index contributed by atoms with van der Waals surface area (Å²) >= 11 is 3.14. The number of benzene rings is 2. The van der Waals surface area contributed by atoms with Crippen molar-refractivity contribution in [3.8, 4) is 5.75 Å². The number of fused-ring (bicyclic) bond motifs is 1. The Bertz CT molecular complexity index is 615. The van der Waals surface area contributed by atoms with E-state index in [2.05, 4.69) is 27.3 Å². The first-order valence-corrected chi connectivity index (χ1v) is 6.95. The lowest BCUT2D eigenvalue weighted by Crippen LogP contribution is -2.00. The summed E-state index contributed by atoms with van der Waals surface area (Å²) in [5, 5.41) is 3.22. The van der Waals surface area contributed by atoms with E-state index in [1.54, 1.807) is 6.07 Å². The van der Waals surface area contributed by atoms with Crippen molar-refractivity contribution >= 4 is 21.6 Å². The van der Waals surface area contributed by atoms with Gasteiger partial charge in [-0.2, -0.15) is 0 Å². The monoisotopic (exact) mass is 321 g/mol. The highest BCUT2D eigenvalue weighted by molar-refractivity contribution is 9.10. The molecule has 0 radical (unpaired) electrons. The van der Waals surface area contributed by atoms with Gasteiger partial charge in [0.1, 0.15) is 11.6 Å². The molecule has 2 aromatic carbocycles. The second-order valence-corrected chi connectivity index (χ2v) is 5.38. The van der Waals surface area contributed by atoms with Gasteiger partial charge in [-0.1, -0.05) is 12.1 Å². The maximum absolute atomic E-state index is 13.4. The first kappa shape index (κ1) is 12.5. The van der Waals surface area contributed by atoms with Gasteiger partial charge >= 0.3 is 0 Å². The molecule has 2 nitrogen and oxygen atoms in total. The van der Waals surface area contributed by atoms with Crippen molar-refractivity contribution < 1.29 is 9.13 Å². The maximum Gasteiger partial charge on any atom is 0.139 e. The molecule has 1 heterocycles. The van der Waals surface area contributed by atoms with Crippen LogP contribution >= 0.6 is 15.9 Å². The zero-order valence-corrected chi connectivity index (χ0v) is 11.8. The van der Waals surface area contributed by atoms with Gasteiger partial charge in [0.25, 0.3) is 0 Å². The third-order valence-corrected chi connectivity index (χ3v) is 3.81. The molecule has 0 fully saturated rings. The normalized spacial score (nSPS) is 12.9. The average molecular weight is 322 g/mol. The van der Waals surface area contributed by atoms with Crippen molar-refractivity contribution in [1.82, 2.24) is 0 Å². The Hall–Kier alpha value is -1.55. The van der Waals surface area contributed by atoms with Crippen LogP contribution in [0.25, 0.3) is 0 Å². The number of anilines is 1. The molecule has 1 N–H and O–H groups in total. The fraction of sp³-hybridized carbons (Fsp3) is 0.200. The zero-order valence-electron chi connectivity index (χ0n) is 10.2. The highest BCUT2D eigenvalue weighted by Gasteiger charge is 2.11. The lowest BCUT2D eigenvalue weighted by Gasteiger charge is -2.08. The predicted octanol–water partition coefficient (Wildman–Crippen LogP) is 4.14. The van der Waals surface area contributed by atoms with Gasteiger partial charge in [0.2, 0.25) is 0 Å². The molecule has 0 saturated carbocycles. The Balaban J connectivity index is 1.70. The minimum absolute atomic E-state index is 0.257. The highest BCUT2D eigenvalue weighted by Crippen LogP contribution is 2.26. The van der Waals surface area contributed by atoms with Crippen molar-refractivity contribution in [3.05, 3.63) is 57.8 Å². The lowest BCUT2D eigenvalue weighted by atomic mass is 10.1. The number of rotatable bonds is 3. The van der Waals surface area contributed by atoms with Gasteiger partial charge in [-0.25, -0.2) is 4.39 Å². The van der Waals surface area contributed by atoms with E-state index in [1.807, 2.05) is 18.2 Å². The van der Waals surface area contributed by atoms with Crippen molar-refractivity contribution in [2.24, 2.45) is 0 Å². The molecule has 0 amide bonds. The summed E-state index contributed by atoms with van der Waals surface area (Å²) in [7, 11) is 0. The van der Waals surface area contributed by atoms with E-state index in [4.69, 9.17) is 4.74 Å². The van der Waals surface area contributed by atoms with Crippen LogP contribution in [-0.2, 0) is 13.0 Å². The van der Waals surface area contributed by atoms with Gasteiger partial charge in [-0.15, -0.1) is 0 Å². The average Bonchev–Trinajstić information content (AvgIpc) is 2.87. The quantitative estimate of drug-likeness (QED) is 0.917. The minimum atomic E-state index is -0.257. The maximum atomic E-state index is 13.4. The number of halogens is 2. The SMILES string of the molecule is Fc1cc(NCc2ccc3c(c2)CCO3)ccc1Br. The molecular formula is C15H13BrFNO. The first-order chi connectivity index (χ1) is 9.22. The number of hydrogen-bond acceptors (Lipinski definition) is 2. The van der Waals surface area contributed by atoms with Crippen molar-refractivity contribution in [2.45, 2.75) is 13.0 Å². The standard InChI is InChI=1S/C15H13BrFNO/c16-13-3-2-12(8-14(13)17)18-9-10-1-4-15-11(7-10)5-6-19-15/h1-4,7-8,18H,5-6,9H2. The molecule has 0 aromatic heterocycles. The molecule has 1 aliphatic heterocycles. The molecule has 98 valence electrons. The lowest BCUT2D eigenvalue weighted by molar-refractivity contribution is 0.357. The molecular weight excluding hydrogens is 309 g/mol. The van der Waals surface area contributed by atoms with Crippen molar-refractivity contribution in [1.29, 1.82) is 0 Å². The smallest absolute Gasteiger partial charge is 0.139 e. The van der Waals surface area contributed by atoms with E-state index in [-0.39, 0.29) is 5.82 Å². The molecule has 19 heavy (non-hydrogen) atoms. The Labute approximate surface area is 119 Å². The highest BCUT2D eigenvalue weighted by atomic mass is 79.9. The molecule has 4 heteroatoms. The van der Waals surface area contributed by atoms with Crippen LogP contribution in [0.5, 0.6) is 5.75 Å². The second kappa shape index (κ2) is 5.21. The molecule has 0 bridgehead atoms. The largest absolute Gasteiger partial charge is 0.493 e.